The van der Waals surface area contributed by atoms with Crippen molar-refractivity contribution in [2.45, 2.75) is 12.8 Å². The van der Waals surface area contributed by atoms with E-state index in [2.05, 4.69) is 10.6 Å². The van der Waals surface area contributed by atoms with Gasteiger partial charge in [-0.05, 0) is 5.56 Å². The molecule has 0 aliphatic rings. The predicted octanol–water partition coefficient (Wildman–Crippen LogP) is 2.39. The van der Waals surface area contributed by atoms with E-state index < -0.39 is 0 Å². The Morgan fingerprint density at radius 2 is 1.56 bits per heavy atom. The van der Waals surface area contributed by atoms with Crippen LogP contribution in [0.3, 0.4) is 0 Å². The maximum atomic E-state index is 12.0. The first-order valence-electron chi connectivity index (χ1n) is 7.94. The highest BCUT2D eigenvalue weighted by molar-refractivity contribution is 5.91. The van der Waals surface area contributed by atoms with Crippen molar-refractivity contribution in [3.63, 3.8) is 0 Å². The number of anilines is 1. The first kappa shape index (κ1) is 18.3. The minimum Gasteiger partial charge on any atom is -0.497 e. The summed E-state index contributed by atoms with van der Waals surface area (Å²) in [6, 6.07) is 14.6. The van der Waals surface area contributed by atoms with Gasteiger partial charge in [0, 0.05) is 36.9 Å². The topological polar surface area (TPSA) is 76.7 Å². The monoisotopic (exact) mass is 342 g/mol. The number of hydrogen-bond donors (Lipinski definition) is 2. The van der Waals surface area contributed by atoms with Gasteiger partial charge in [-0.15, -0.1) is 0 Å². The van der Waals surface area contributed by atoms with Crippen LogP contribution in [0.5, 0.6) is 11.5 Å². The van der Waals surface area contributed by atoms with E-state index >= 15 is 0 Å². The Morgan fingerprint density at radius 3 is 2.16 bits per heavy atom. The summed E-state index contributed by atoms with van der Waals surface area (Å²) in [7, 11) is 3.09. The van der Waals surface area contributed by atoms with Crippen LogP contribution in [0.1, 0.15) is 12.0 Å². The van der Waals surface area contributed by atoms with Gasteiger partial charge in [0.1, 0.15) is 11.5 Å². The Balaban J connectivity index is 1.78. The van der Waals surface area contributed by atoms with Gasteiger partial charge in [-0.25, -0.2) is 0 Å². The van der Waals surface area contributed by atoms with Crippen LogP contribution in [0.4, 0.5) is 5.69 Å². The molecule has 6 heteroatoms. The molecule has 0 saturated heterocycles. The summed E-state index contributed by atoms with van der Waals surface area (Å²) in [4.78, 5) is 23.9. The molecular weight excluding hydrogens is 320 g/mol. The van der Waals surface area contributed by atoms with Crippen LogP contribution in [0.15, 0.2) is 48.5 Å². The molecular formula is C19H22N2O4. The SMILES string of the molecule is COc1cc(NC(=O)CCNC(=O)Cc2ccccc2)cc(OC)c1. The summed E-state index contributed by atoms with van der Waals surface area (Å²) in [5, 5.41) is 5.51. The fraction of sp³-hybridized carbons (Fsp3) is 0.263. The standard InChI is InChI=1S/C19H22N2O4/c1-24-16-11-15(12-17(13-16)25-2)21-18(22)8-9-20-19(23)10-14-6-4-3-5-7-14/h3-7,11-13H,8-10H2,1-2H3,(H,20,23)(H,21,22). The molecule has 2 aromatic rings. The second-order valence-electron chi connectivity index (χ2n) is 5.41. The quantitative estimate of drug-likeness (QED) is 0.772. The fourth-order valence-corrected chi connectivity index (χ4v) is 2.26. The van der Waals surface area contributed by atoms with E-state index in [0.717, 1.165) is 5.56 Å². The molecule has 0 aliphatic carbocycles. The summed E-state index contributed by atoms with van der Waals surface area (Å²) in [6.07, 6.45) is 0.482. The van der Waals surface area contributed by atoms with Crippen molar-refractivity contribution >= 4 is 17.5 Å². The zero-order valence-corrected chi connectivity index (χ0v) is 14.4. The molecule has 2 aromatic carbocycles. The number of rotatable bonds is 8. The molecule has 0 spiro atoms. The van der Waals surface area contributed by atoms with Gasteiger partial charge in [0.2, 0.25) is 11.8 Å². The molecule has 0 saturated carbocycles. The highest BCUT2D eigenvalue weighted by atomic mass is 16.5. The highest BCUT2D eigenvalue weighted by Crippen LogP contribution is 2.25. The van der Waals surface area contributed by atoms with Crippen LogP contribution in [-0.2, 0) is 16.0 Å². The van der Waals surface area contributed by atoms with Gasteiger partial charge in [0.05, 0.1) is 20.6 Å². The molecule has 2 amide bonds. The van der Waals surface area contributed by atoms with Crippen molar-refractivity contribution < 1.29 is 19.1 Å². The normalized spacial score (nSPS) is 10.0. The number of carbonyl (C=O) groups excluding carboxylic acids is 2. The molecule has 6 nitrogen and oxygen atoms in total. The molecule has 0 aliphatic heterocycles. The first-order chi connectivity index (χ1) is 12.1. The molecule has 0 bridgehead atoms. The summed E-state index contributed by atoms with van der Waals surface area (Å²) in [6.45, 7) is 0.276. The maximum Gasteiger partial charge on any atom is 0.226 e. The van der Waals surface area contributed by atoms with Gasteiger partial charge >= 0.3 is 0 Å². The number of methoxy groups -OCH3 is 2. The van der Waals surface area contributed by atoms with Gasteiger partial charge in [-0.1, -0.05) is 30.3 Å². The largest absolute Gasteiger partial charge is 0.497 e. The lowest BCUT2D eigenvalue weighted by Gasteiger charge is -2.10. The highest BCUT2D eigenvalue weighted by Gasteiger charge is 2.08. The van der Waals surface area contributed by atoms with Crippen LogP contribution in [0, 0.1) is 0 Å². The molecule has 0 atom stereocenters. The Kier molecular flexibility index (Phi) is 6.83. The third-order valence-corrected chi connectivity index (χ3v) is 3.52. The zero-order chi connectivity index (χ0) is 18.1. The molecule has 0 radical (unpaired) electrons. The average molecular weight is 342 g/mol. The second kappa shape index (κ2) is 9.32. The minimum absolute atomic E-state index is 0.109. The lowest BCUT2D eigenvalue weighted by Crippen LogP contribution is -2.28. The van der Waals surface area contributed by atoms with Crippen molar-refractivity contribution in [2.24, 2.45) is 0 Å². The number of benzene rings is 2. The maximum absolute atomic E-state index is 12.0. The van der Waals surface area contributed by atoms with Crippen molar-refractivity contribution in [1.82, 2.24) is 5.32 Å². The smallest absolute Gasteiger partial charge is 0.226 e. The Morgan fingerprint density at radius 1 is 0.920 bits per heavy atom. The molecule has 0 unspecified atom stereocenters. The van der Waals surface area contributed by atoms with Crippen LogP contribution < -0.4 is 20.1 Å². The van der Waals surface area contributed by atoms with E-state index in [0.29, 0.717) is 23.6 Å². The summed E-state index contributed by atoms with van der Waals surface area (Å²) < 4.78 is 10.3. The zero-order valence-electron chi connectivity index (χ0n) is 14.4. The molecule has 2 N–H and O–H groups in total. The third kappa shape index (κ3) is 6.18. The molecule has 132 valence electrons. The van der Waals surface area contributed by atoms with E-state index in [9.17, 15) is 9.59 Å². The first-order valence-corrected chi connectivity index (χ1v) is 7.94. The second-order valence-corrected chi connectivity index (χ2v) is 5.41. The molecule has 25 heavy (non-hydrogen) atoms. The van der Waals surface area contributed by atoms with E-state index in [1.807, 2.05) is 30.3 Å². The summed E-state index contributed by atoms with van der Waals surface area (Å²) in [5.74, 6) is 0.869. The van der Waals surface area contributed by atoms with Crippen molar-refractivity contribution in [1.29, 1.82) is 0 Å². The fourth-order valence-electron chi connectivity index (χ4n) is 2.26. The van der Waals surface area contributed by atoms with Crippen LogP contribution in [-0.4, -0.2) is 32.6 Å². The molecule has 0 heterocycles. The van der Waals surface area contributed by atoms with Gasteiger partial charge in [0.15, 0.2) is 0 Å². The van der Waals surface area contributed by atoms with E-state index in [-0.39, 0.29) is 24.8 Å². The van der Waals surface area contributed by atoms with Crippen molar-refractivity contribution in [3.8, 4) is 11.5 Å². The van der Waals surface area contributed by atoms with Crippen molar-refractivity contribution in [3.05, 3.63) is 54.1 Å². The van der Waals surface area contributed by atoms with Crippen LogP contribution in [0.2, 0.25) is 0 Å². The van der Waals surface area contributed by atoms with Crippen LogP contribution in [0.25, 0.3) is 0 Å². The number of amides is 2. The number of hydrogen-bond acceptors (Lipinski definition) is 4. The third-order valence-electron chi connectivity index (χ3n) is 3.52. The van der Waals surface area contributed by atoms with E-state index in [1.54, 1.807) is 32.4 Å². The van der Waals surface area contributed by atoms with E-state index in [1.165, 1.54) is 0 Å². The molecule has 2 rings (SSSR count). The lowest BCUT2D eigenvalue weighted by atomic mass is 10.1. The summed E-state index contributed by atoms with van der Waals surface area (Å²) in [5.41, 5.74) is 1.52. The average Bonchev–Trinajstić information content (AvgIpc) is 2.62. The van der Waals surface area contributed by atoms with E-state index in [4.69, 9.17) is 9.47 Å². The number of nitrogens with one attached hydrogen (secondary N) is 2. The van der Waals surface area contributed by atoms with Gasteiger partial charge in [-0.3, -0.25) is 9.59 Å². The minimum atomic E-state index is -0.199. The molecule has 0 fully saturated rings. The Hall–Kier alpha value is -3.02. The Bertz CT molecular complexity index is 694. The Labute approximate surface area is 147 Å². The number of carbonyl (C=O) groups is 2. The van der Waals surface area contributed by atoms with Gasteiger partial charge in [0.25, 0.3) is 0 Å². The predicted molar refractivity (Wildman–Crippen MR) is 95.9 cm³/mol. The number of ether oxygens (including phenoxy) is 2. The van der Waals surface area contributed by atoms with Gasteiger partial charge in [-0.2, -0.15) is 0 Å². The molecule has 0 aromatic heterocycles. The summed E-state index contributed by atoms with van der Waals surface area (Å²) >= 11 is 0. The lowest BCUT2D eigenvalue weighted by molar-refractivity contribution is -0.120. The van der Waals surface area contributed by atoms with Crippen molar-refractivity contribution in [2.75, 3.05) is 26.1 Å². The van der Waals surface area contributed by atoms with Gasteiger partial charge < -0.3 is 20.1 Å². The van der Waals surface area contributed by atoms with Crippen LogP contribution >= 0.6 is 0 Å².